The molecule has 0 unspecified atom stereocenters. The highest BCUT2D eigenvalue weighted by atomic mass is 79.9. The molecular formula is C14H12BrN3O2. The van der Waals surface area contributed by atoms with Gasteiger partial charge in [0.05, 0.1) is 10.6 Å². The van der Waals surface area contributed by atoms with Crippen LogP contribution in [0.15, 0.2) is 58.1 Å². The van der Waals surface area contributed by atoms with Crippen molar-refractivity contribution < 1.29 is 4.92 Å². The van der Waals surface area contributed by atoms with E-state index in [0.717, 1.165) is 15.7 Å². The predicted molar refractivity (Wildman–Crippen MR) is 83.1 cm³/mol. The molecule has 0 amide bonds. The second-order valence-corrected chi connectivity index (χ2v) is 5.01. The average molecular weight is 334 g/mol. The molecule has 0 spiro atoms. The molecule has 0 bridgehead atoms. The normalized spacial score (nSPS) is 11.2. The minimum Gasteiger partial charge on any atom is -0.271 e. The molecule has 0 radical (unpaired) electrons. The third kappa shape index (κ3) is 3.42. The summed E-state index contributed by atoms with van der Waals surface area (Å²) in [4.78, 5) is 10.4. The molecule has 5 nitrogen and oxygen atoms in total. The summed E-state index contributed by atoms with van der Waals surface area (Å²) in [6, 6.07) is 14.1. The Balaban J connectivity index is 2.21. The summed E-state index contributed by atoms with van der Waals surface area (Å²) in [6.45, 7) is 1.84. The van der Waals surface area contributed by atoms with E-state index >= 15 is 0 Å². The first-order chi connectivity index (χ1) is 9.58. The minimum atomic E-state index is -0.438. The van der Waals surface area contributed by atoms with Crippen LogP contribution < -0.4 is 5.43 Å². The fraction of sp³-hybridized carbons (Fsp3) is 0.0714. The predicted octanol–water partition coefficient (Wildman–Crippen LogP) is 4.19. The molecule has 1 N–H and O–H groups in total. The molecule has 0 aliphatic heterocycles. The number of nitro benzene ring substituents is 1. The summed E-state index contributed by atoms with van der Waals surface area (Å²) in [5.41, 5.74) is 4.80. The zero-order valence-corrected chi connectivity index (χ0v) is 12.3. The van der Waals surface area contributed by atoms with Crippen LogP contribution in [-0.4, -0.2) is 10.6 Å². The number of halogens is 1. The van der Waals surface area contributed by atoms with Crippen LogP contribution >= 0.6 is 15.9 Å². The molecule has 0 aromatic heterocycles. The summed E-state index contributed by atoms with van der Waals surface area (Å²) < 4.78 is 0.987. The van der Waals surface area contributed by atoms with Gasteiger partial charge in [-0.3, -0.25) is 15.5 Å². The van der Waals surface area contributed by atoms with Gasteiger partial charge in [-0.1, -0.05) is 40.2 Å². The average Bonchev–Trinajstić information content (AvgIpc) is 2.45. The van der Waals surface area contributed by atoms with E-state index in [-0.39, 0.29) is 5.69 Å². The summed E-state index contributed by atoms with van der Waals surface area (Å²) >= 11 is 3.37. The van der Waals surface area contributed by atoms with Crippen LogP contribution in [0.2, 0.25) is 0 Å². The van der Waals surface area contributed by atoms with Gasteiger partial charge in [0.15, 0.2) is 0 Å². The first-order valence-electron chi connectivity index (χ1n) is 5.87. The summed E-state index contributed by atoms with van der Waals surface area (Å²) in [6.07, 6.45) is 0. The molecule has 0 heterocycles. The number of hydrazone groups is 1. The standard InChI is InChI=1S/C14H12BrN3O2/c1-10(11-6-8-12(15)9-7-11)16-17-13-4-2-3-5-14(13)18(19)20/h2-9,17H,1H3/b16-10-. The van der Waals surface area contributed by atoms with Gasteiger partial charge < -0.3 is 0 Å². The molecule has 2 aromatic rings. The molecule has 6 heteroatoms. The number of hydrogen-bond acceptors (Lipinski definition) is 4. The van der Waals surface area contributed by atoms with Crippen molar-refractivity contribution >= 4 is 33.0 Å². The number of benzene rings is 2. The van der Waals surface area contributed by atoms with Gasteiger partial charge in [0.1, 0.15) is 5.69 Å². The maximum absolute atomic E-state index is 10.9. The monoisotopic (exact) mass is 333 g/mol. The lowest BCUT2D eigenvalue weighted by molar-refractivity contribution is -0.384. The van der Waals surface area contributed by atoms with Crippen molar-refractivity contribution in [1.82, 2.24) is 0 Å². The summed E-state index contributed by atoms with van der Waals surface area (Å²) in [5.74, 6) is 0. The van der Waals surface area contributed by atoms with Crippen molar-refractivity contribution in [2.75, 3.05) is 5.43 Å². The molecule has 2 aromatic carbocycles. The van der Waals surface area contributed by atoms with Crippen molar-refractivity contribution in [1.29, 1.82) is 0 Å². The topological polar surface area (TPSA) is 67.5 Å². The van der Waals surface area contributed by atoms with Crippen LogP contribution in [-0.2, 0) is 0 Å². The second kappa shape index (κ2) is 6.29. The summed E-state index contributed by atoms with van der Waals surface area (Å²) in [7, 11) is 0. The molecule has 0 atom stereocenters. The van der Waals surface area contributed by atoms with Gasteiger partial charge in [0.2, 0.25) is 0 Å². The number of rotatable bonds is 4. The van der Waals surface area contributed by atoms with Crippen LogP contribution in [0, 0.1) is 10.1 Å². The SMILES string of the molecule is C/C(=N/Nc1ccccc1[N+](=O)[O-])c1ccc(Br)cc1. The lowest BCUT2D eigenvalue weighted by atomic mass is 10.1. The van der Waals surface area contributed by atoms with Gasteiger partial charge in [0, 0.05) is 10.5 Å². The molecule has 0 aliphatic rings. The zero-order valence-electron chi connectivity index (χ0n) is 10.7. The maximum atomic E-state index is 10.9. The Kier molecular flexibility index (Phi) is 4.47. The zero-order chi connectivity index (χ0) is 14.5. The van der Waals surface area contributed by atoms with Crippen molar-refractivity contribution in [3.63, 3.8) is 0 Å². The van der Waals surface area contributed by atoms with Crippen LogP contribution in [0.5, 0.6) is 0 Å². The van der Waals surface area contributed by atoms with Crippen molar-refractivity contribution in [3.8, 4) is 0 Å². The third-order valence-electron chi connectivity index (χ3n) is 2.71. The van der Waals surface area contributed by atoms with E-state index in [4.69, 9.17) is 0 Å². The van der Waals surface area contributed by atoms with Crippen LogP contribution in [0.4, 0.5) is 11.4 Å². The van der Waals surface area contributed by atoms with E-state index < -0.39 is 4.92 Å². The van der Waals surface area contributed by atoms with Crippen LogP contribution in [0.3, 0.4) is 0 Å². The van der Waals surface area contributed by atoms with E-state index in [1.807, 2.05) is 31.2 Å². The largest absolute Gasteiger partial charge is 0.294 e. The van der Waals surface area contributed by atoms with Crippen LogP contribution in [0.25, 0.3) is 0 Å². The Morgan fingerprint density at radius 1 is 1.20 bits per heavy atom. The van der Waals surface area contributed by atoms with E-state index in [1.165, 1.54) is 6.07 Å². The van der Waals surface area contributed by atoms with E-state index in [2.05, 4.69) is 26.5 Å². The van der Waals surface area contributed by atoms with Gasteiger partial charge in [-0.25, -0.2) is 0 Å². The minimum absolute atomic E-state index is 0.000133. The Morgan fingerprint density at radius 2 is 1.85 bits per heavy atom. The number of para-hydroxylation sites is 2. The first-order valence-corrected chi connectivity index (χ1v) is 6.67. The molecule has 2 rings (SSSR count). The molecule has 0 saturated carbocycles. The highest BCUT2D eigenvalue weighted by Gasteiger charge is 2.11. The fourth-order valence-electron chi connectivity index (χ4n) is 1.63. The van der Waals surface area contributed by atoms with Gasteiger partial charge in [0.25, 0.3) is 5.69 Å². The van der Waals surface area contributed by atoms with Crippen molar-refractivity contribution in [3.05, 3.63) is 68.7 Å². The number of nitrogens with zero attached hydrogens (tertiary/aromatic N) is 2. The molecule has 0 fully saturated rings. The molecule has 0 aliphatic carbocycles. The van der Waals surface area contributed by atoms with Gasteiger partial charge in [-0.2, -0.15) is 5.10 Å². The van der Waals surface area contributed by atoms with Gasteiger partial charge in [-0.15, -0.1) is 0 Å². The van der Waals surface area contributed by atoms with E-state index in [1.54, 1.807) is 18.2 Å². The van der Waals surface area contributed by atoms with Gasteiger partial charge >= 0.3 is 0 Å². The third-order valence-corrected chi connectivity index (χ3v) is 3.24. The quantitative estimate of drug-likeness (QED) is 0.518. The molecule has 102 valence electrons. The van der Waals surface area contributed by atoms with E-state index in [9.17, 15) is 10.1 Å². The van der Waals surface area contributed by atoms with Crippen LogP contribution in [0.1, 0.15) is 12.5 Å². The molecule has 0 saturated heterocycles. The number of nitro groups is 1. The van der Waals surface area contributed by atoms with Crippen molar-refractivity contribution in [2.45, 2.75) is 6.92 Å². The molecular weight excluding hydrogens is 322 g/mol. The Hall–Kier alpha value is -2.21. The highest BCUT2D eigenvalue weighted by Crippen LogP contribution is 2.23. The second-order valence-electron chi connectivity index (χ2n) is 4.09. The lowest BCUT2D eigenvalue weighted by Gasteiger charge is -2.04. The number of hydrogen-bond donors (Lipinski definition) is 1. The Morgan fingerprint density at radius 3 is 2.50 bits per heavy atom. The highest BCUT2D eigenvalue weighted by molar-refractivity contribution is 9.10. The Bertz CT molecular complexity index is 654. The number of anilines is 1. The first kappa shape index (κ1) is 14.2. The Labute approximate surface area is 124 Å². The van der Waals surface area contributed by atoms with Gasteiger partial charge in [-0.05, 0) is 30.7 Å². The lowest BCUT2D eigenvalue weighted by Crippen LogP contribution is -2.01. The molecule has 20 heavy (non-hydrogen) atoms. The number of nitrogens with one attached hydrogen (secondary N) is 1. The smallest absolute Gasteiger partial charge is 0.271 e. The van der Waals surface area contributed by atoms with E-state index in [0.29, 0.717) is 5.69 Å². The van der Waals surface area contributed by atoms with Crippen molar-refractivity contribution in [2.24, 2.45) is 5.10 Å². The maximum Gasteiger partial charge on any atom is 0.294 e. The summed E-state index contributed by atoms with van der Waals surface area (Å²) in [5, 5.41) is 15.1. The fourth-order valence-corrected chi connectivity index (χ4v) is 1.89.